The zero-order valence-corrected chi connectivity index (χ0v) is 8.23. The second-order valence-electron chi connectivity index (χ2n) is 2.58. The Balaban J connectivity index is 2.83. The van der Waals surface area contributed by atoms with E-state index < -0.39 is 0 Å². The smallest absolute Gasteiger partial charge is 0.124 e. The zero-order chi connectivity index (χ0) is 10.4. The number of oxime groups is 1. The van der Waals surface area contributed by atoms with E-state index in [2.05, 4.69) is 5.16 Å². The van der Waals surface area contributed by atoms with Gasteiger partial charge in [0.1, 0.15) is 18.1 Å². The van der Waals surface area contributed by atoms with Gasteiger partial charge in [0.2, 0.25) is 0 Å². The Morgan fingerprint density at radius 2 is 2.29 bits per heavy atom. The third-order valence-corrected chi connectivity index (χ3v) is 1.63. The monoisotopic (exact) mass is 195 g/mol. The number of phenols is 1. The molecule has 0 aliphatic heterocycles. The van der Waals surface area contributed by atoms with Crippen LogP contribution in [0.4, 0.5) is 0 Å². The Morgan fingerprint density at radius 3 is 2.93 bits per heavy atom. The van der Waals surface area contributed by atoms with Crippen molar-refractivity contribution in [3.05, 3.63) is 23.8 Å². The second kappa shape index (κ2) is 5.11. The van der Waals surface area contributed by atoms with Crippen molar-refractivity contribution in [2.24, 2.45) is 5.16 Å². The number of rotatable bonds is 4. The van der Waals surface area contributed by atoms with Crippen molar-refractivity contribution in [1.82, 2.24) is 0 Å². The number of aromatic hydroxyl groups is 1. The Kier molecular flexibility index (Phi) is 3.79. The van der Waals surface area contributed by atoms with E-state index in [0.717, 1.165) is 0 Å². The van der Waals surface area contributed by atoms with E-state index in [9.17, 15) is 5.11 Å². The van der Waals surface area contributed by atoms with Crippen LogP contribution in [0.2, 0.25) is 0 Å². The van der Waals surface area contributed by atoms with Crippen LogP contribution in [0, 0.1) is 0 Å². The summed E-state index contributed by atoms with van der Waals surface area (Å²) in [5.41, 5.74) is 0.567. The average Bonchev–Trinajstić information content (AvgIpc) is 2.21. The molecule has 1 N–H and O–H groups in total. The largest absolute Gasteiger partial charge is 0.507 e. The lowest BCUT2D eigenvalue weighted by atomic mass is 10.2. The van der Waals surface area contributed by atoms with Gasteiger partial charge in [0.05, 0.1) is 13.3 Å². The van der Waals surface area contributed by atoms with Crippen molar-refractivity contribution in [2.45, 2.75) is 6.92 Å². The van der Waals surface area contributed by atoms with Gasteiger partial charge in [-0.1, -0.05) is 5.16 Å². The van der Waals surface area contributed by atoms with Gasteiger partial charge in [-0.3, -0.25) is 0 Å². The van der Waals surface area contributed by atoms with E-state index in [1.165, 1.54) is 6.21 Å². The average molecular weight is 195 g/mol. The molecule has 14 heavy (non-hydrogen) atoms. The SMILES string of the molecule is CCO/N=C/c1cc(OC)ccc1O. The molecule has 0 bridgehead atoms. The molecule has 0 aliphatic rings. The fourth-order valence-corrected chi connectivity index (χ4v) is 0.932. The van der Waals surface area contributed by atoms with Gasteiger partial charge in [-0.15, -0.1) is 0 Å². The van der Waals surface area contributed by atoms with Crippen molar-refractivity contribution in [1.29, 1.82) is 0 Å². The summed E-state index contributed by atoms with van der Waals surface area (Å²) in [4.78, 5) is 4.78. The fourth-order valence-electron chi connectivity index (χ4n) is 0.932. The van der Waals surface area contributed by atoms with Crippen molar-refractivity contribution in [3.63, 3.8) is 0 Å². The summed E-state index contributed by atoms with van der Waals surface area (Å²) >= 11 is 0. The van der Waals surface area contributed by atoms with Crippen molar-refractivity contribution in [2.75, 3.05) is 13.7 Å². The number of hydrogen-bond acceptors (Lipinski definition) is 4. The van der Waals surface area contributed by atoms with Crippen molar-refractivity contribution < 1.29 is 14.7 Å². The minimum atomic E-state index is 0.147. The predicted molar refractivity (Wildman–Crippen MR) is 53.9 cm³/mol. The standard InChI is InChI=1S/C10H13NO3/c1-3-14-11-7-8-6-9(13-2)4-5-10(8)12/h4-7,12H,3H2,1-2H3/b11-7+. The fraction of sp³-hybridized carbons (Fsp3) is 0.300. The maximum atomic E-state index is 9.43. The zero-order valence-electron chi connectivity index (χ0n) is 8.23. The summed E-state index contributed by atoms with van der Waals surface area (Å²) in [6.45, 7) is 2.34. The van der Waals surface area contributed by atoms with Crippen LogP contribution in [0.5, 0.6) is 11.5 Å². The third-order valence-electron chi connectivity index (χ3n) is 1.63. The maximum Gasteiger partial charge on any atom is 0.124 e. The van der Waals surface area contributed by atoms with E-state index in [4.69, 9.17) is 9.57 Å². The minimum absolute atomic E-state index is 0.147. The van der Waals surface area contributed by atoms with E-state index in [0.29, 0.717) is 17.9 Å². The van der Waals surface area contributed by atoms with Gasteiger partial charge in [-0.05, 0) is 25.1 Å². The summed E-state index contributed by atoms with van der Waals surface area (Å²) in [5.74, 6) is 0.815. The number of nitrogens with zero attached hydrogens (tertiary/aromatic N) is 1. The molecular formula is C10H13NO3. The van der Waals surface area contributed by atoms with Crippen LogP contribution in [0.3, 0.4) is 0 Å². The molecule has 0 atom stereocenters. The summed E-state index contributed by atoms with van der Waals surface area (Å²) < 4.78 is 5.00. The highest BCUT2D eigenvalue weighted by Crippen LogP contribution is 2.20. The molecule has 0 aliphatic carbocycles. The highest BCUT2D eigenvalue weighted by molar-refractivity contribution is 5.83. The number of phenolic OH excluding ortho intramolecular Hbond substituents is 1. The molecule has 0 saturated heterocycles. The molecule has 0 radical (unpaired) electrons. The topological polar surface area (TPSA) is 51.0 Å². The summed E-state index contributed by atoms with van der Waals surface area (Å²) in [6, 6.07) is 4.90. The first-order chi connectivity index (χ1) is 6.77. The number of methoxy groups -OCH3 is 1. The number of hydrogen-bond donors (Lipinski definition) is 1. The first-order valence-electron chi connectivity index (χ1n) is 4.30. The summed E-state index contributed by atoms with van der Waals surface area (Å²) in [5, 5.41) is 13.1. The molecule has 0 fully saturated rings. The van der Waals surface area contributed by atoms with Crippen LogP contribution >= 0.6 is 0 Å². The van der Waals surface area contributed by atoms with Crippen LogP contribution in [-0.2, 0) is 4.84 Å². The molecule has 4 nitrogen and oxygen atoms in total. The molecule has 0 amide bonds. The summed E-state index contributed by atoms with van der Waals surface area (Å²) in [6.07, 6.45) is 1.45. The van der Waals surface area contributed by atoms with Crippen molar-refractivity contribution in [3.8, 4) is 11.5 Å². The molecule has 0 unspecified atom stereocenters. The Labute approximate surface area is 82.8 Å². The van der Waals surface area contributed by atoms with Crippen molar-refractivity contribution >= 4 is 6.21 Å². The van der Waals surface area contributed by atoms with Crippen LogP contribution in [0.1, 0.15) is 12.5 Å². The molecule has 1 aromatic rings. The second-order valence-corrected chi connectivity index (χ2v) is 2.58. The Bertz CT molecular complexity index is 323. The molecule has 4 heteroatoms. The lowest BCUT2D eigenvalue weighted by molar-refractivity contribution is 0.160. The van der Waals surface area contributed by atoms with Crippen LogP contribution < -0.4 is 4.74 Å². The molecule has 0 spiro atoms. The van der Waals surface area contributed by atoms with E-state index in [1.54, 1.807) is 25.3 Å². The van der Waals surface area contributed by atoms with Crippen LogP contribution in [0.15, 0.2) is 23.4 Å². The quantitative estimate of drug-likeness (QED) is 0.588. The first-order valence-corrected chi connectivity index (χ1v) is 4.30. The number of ether oxygens (including phenoxy) is 1. The molecule has 1 rings (SSSR count). The van der Waals surface area contributed by atoms with Crippen LogP contribution in [-0.4, -0.2) is 25.0 Å². The normalized spacial score (nSPS) is 10.4. The van der Waals surface area contributed by atoms with E-state index >= 15 is 0 Å². The lowest BCUT2D eigenvalue weighted by Crippen LogP contribution is -1.88. The third kappa shape index (κ3) is 2.65. The van der Waals surface area contributed by atoms with Gasteiger partial charge in [0.15, 0.2) is 0 Å². The maximum absolute atomic E-state index is 9.43. The molecular weight excluding hydrogens is 182 g/mol. The molecule has 1 aromatic carbocycles. The predicted octanol–water partition coefficient (Wildman–Crippen LogP) is 1.77. The molecule has 0 heterocycles. The highest BCUT2D eigenvalue weighted by Gasteiger charge is 2.00. The molecule has 0 saturated carbocycles. The Hall–Kier alpha value is -1.71. The minimum Gasteiger partial charge on any atom is -0.507 e. The summed E-state index contributed by atoms with van der Waals surface area (Å²) in [7, 11) is 1.57. The molecule has 76 valence electrons. The first kappa shape index (κ1) is 10.4. The van der Waals surface area contributed by atoms with E-state index in [1.807, 2.05) is 6.92 Å². The number of benzene rings is 1. The van der Waals surface area contributed by atoms with Gasteiger partial charge in [-0.25, -0.2) is 0 Å². The van der Waals surface area contributed by atoms with Gasteiger partial charge < -0.3 is 14.7 Å². The van der Waals surface area contributed by atoms with Gasteiger partial charge in [0.25, 0.3) is 0 Å². The Morgan fingerprint density at radius 1 is 1.50 bits per heavy atom. The lowest BCUT2D eigenvalue weighted by Gasteiger charge is -2.02. The van der Waals surface area contributed by atoms with Gasteiger partial charge in [-0.2, -0.15) is 0 Å². The highest BCUT2D eigenvalue weighted by atomic mass is 16.6. The molecule has 0 aromatic heterocycles. The van der Waals surface area contributed by atoms with E-state index in [-0.39, 0.29) is 5.75 Å². The van der Waals surface area contributed by atoms with Crippen LogP contribution in [0.25, 0.3) is 0 Å². The van der Waals surface area contributed by atoms with Gasteiger partial charge in [0, 0.05) is 5.56 Å². The van der Waals surface area contributed by atoms with Gasteiger partial charge >= 0.3 is 0 Å².